The Balaban J connectivity index is 1.89. The number of benzene rings is 3. The SMILES string of the molecule is CSc1ccccc1NC(=O)CN(Cc1cccc(C)c1)S(=O)(=O)c1ccc(C)cc1. The highest BCUT2D eigenvalue weighted by molar-refractivity contribution is 7.98. The highest BCUT2D eigenvalue weighted by atomic mass is 32.2. The lowest BCUT2D eigenvalue weighted by Crippen LogP contribution is -2.37. The second-order valence-corrected chi connectivity index (χ2v) is 10.1. The largest absolute Gasteiger partial charge is 0.324 e. The number of thioether (sulfide) groups is 1. The van der Waals surface area contributed by atoms with Crippen LogP contribution in [0.2, 0.25) is 0 Å². The van der Waals surface area contributed by atoms with Gasteiger partial charge in [0.15, 0.2) is 0 Å². The third-order valence-corrected chi connectivity index (χ3v) is 7.40. The molecule has 3 aromatic carbocycles. The number of nitrogens with zero attached hydrogens (tertiary/aromatic N) is 1. The average Bonchev–Trinajstić information content (AvgIpc) is 2.74. The van der Waals surface area contributed by atoms with Gasteiger partial charge in [-0.15, -0.1) is 11.8 Å². The van der Waals surface area contributed by atoms with Crippen LogP contribution >= 0.6 is 11.8 Å². The molecule has 3 rings (SSSR count). The minimum Gasteiger partial charge on any atom is -0.324 e. The van der Waals surface area contributed by atoms with E-state index in [1.807, 2.05) is 68.6 Å². The Morgan fingerprint density at radius 1 is 0.935 bits per heavy atom. The first-order chi connectivity index (χ1) is 14.8. The van der Waals surface area contributed by atoms with Crippen LogP contribution in [0.5, 0.6) is 0 Å². The normalized spacial score (nSPS) is 11.5. The molecule has 0 unspecified atom stereocenters. The standard InChI is InChI=1S/C24H26N2O3S2/c1-18-11-13-21(14-12-18)31(28,29)26(16-20-8-6-7-19(2)15-20)17-24(27)25-22-9-4-5-10-23(22)30-3/h4-15H,16-17H2,1-3H3,(H,25,27). The maximum absolute atomic E-state index is 13.4. The van der Waals surface area contributed by atoms with Gasteiger partial charge < -0.3 is 5.32 Å². The Labute approximate surface area is 188 Å². The Kier molecular flexibility index (Phi) is 7.54. The second kappa shape index (κ2) is 10.1. The first-order valence-corrected chi connectivity index (χ1v) is 12.5. The van der Waals surface area contributed by atoms with Crippen molar-refractivity contribution in [1.82, 2.24) is 4.31 Å². The number of sulfonamides is 1. The van der Waals surface area contributed by atoms with Crippen molar-refractivity contribution >= 4 is 33.4 Å². The zero-order chi connectivity index (χ0) is 22.4. The predicted molar refractivity (Wildman–Crippen MR) is 127 cm³/mol. The second-order valence-electron chi connectivity index (χ2n) is 7.32. The van der Waals surface area contributed by atoms with Gasteiger partial charge in [-0.25, -0.2) is 8.42 Å². The van der Waals surface area contributed by atoms with E-state index in [1.165, 1.54) is 16.1 Å². The highest BCUT2D eigenvalue weighted by Gasteiger charge is 2.27. The van der Waals surface area contributed by atoms with Crippen LogP contribution in [-0.2, 0) is 21.4 Å². The molecule has 0 saturated carbocycles. The van der Waals surface area contributed by atoms with E-state index in [2.05, 4.69) is 5.32 Å². The summed E-state index contributed by atoms with van der Waals surface area (Å²) in [6.07, 6.45) is 1.93. The molecule has 0 aliphatic rings. The smallest absolute Gasteiger partial charge is 0.243 e. The molecule has 0 atom stereocenters. The molecule has 1 N–H and O–H groups in total. The average molecular weight is 455 g/mol. The molecule has 7 heteroatoms. The van der Waals surface area contributed by atoms with Crippen LogP contribution in [-0.4, -0.2) is 31.4 Å². The first kappa shape index (κ1) is 23.1. The number of para-hydroxylation sites is 1. The molecule has 31 heavy (non-hydrogen) atoms. The van der Waals surface area contributed by atoms with Crippen LogP contribution in [0.25, 0.3) is 0 Å². The van der Waals surface area contributed by atoms with Gasteiger partial charge >= 0.3 is 0 Å². The van der Waals surface area contributed by atoms with E-state index in [9.17, 15) is 13.2 Å². The first-order valence-electron chi connectivity index (χ1n) is 9.85. The lowest BCUT2D eigenvalue weighted by molar-refractivity contribution is -0.116. The van der Waals surface area contributed by atoms with Crippen molar-refractivity contribution in [3.8, 4) is 0 Å². The maximum Gasteiger partial charge on any atom is 0.243 e. The molecule has 0 radical (unpaired) electrons. The lowest BCUT2D eigenvalue weighted by atomic mass is 10.1. The fourth-order valence-electron chi connectivity index (χ4n) is 3.20. The lowest BCUT2D eigenvalue weighted by Gasteiger charge is -2.22. The van der Waals surface area contributed by atoms with Crippen molar-refractivity contribution in [2.45, 2.75) is 30.2 Å². The van der Waals surface area contributed by atoms with Crippen molar-refractivity contribution in [3.63, 3.8) is 0 Å². The molecular formula is C24H26N2O3S2. The molecule has 3 aromatic rings. The molecule has 162 valence electrons. The van der Waals surface area contributed by atoms with Gasteiger partial charge in [-0.2, -0.15) is 4.31 Å². The summed E-state index contributed by atoms with van der Waals surface area (Å²) in [5.41, 5.74) is 3.50. The van der Waals surface area contributed by atoms with Gasteiger partial charge in [0, 0.05) is 11.4 Å². The van der Waals surface area contributed by atoms with Crippen molar-refractivity contribution in [2.75, 3.05) is 18.1 Å². The van der Waals surface area contributed by atoms with E-state index in [0.29, 0.717) is 5.69 Å². The zero-order valence-electron chi connectivity index (χ0n) is 17.8. The number of rotatable bonds is 8. The summed E-state index contributed by atoms with van der Waals surface area (Å²) in [4.78, 5) is 13.9. The van der Waals surface area contributed by atoms with Crippen molar-refractivity contribution in [1.29, 1.82) is 0 Å². The Morgan fingerprint density at radius 2 is 1.65 bits per heavy atom. The van der Waals surface area contributed by atoms with Gasteiger partial charge in [-0.05, 0) is 49.9 Å². The maximum atomic E-state index is 13.4. The van der Waals surface area contributed by atoms with Gasteiger partial charge in [-0.3, -0.25) is 4.79 Å². The number of anilines is 1. The van der Waals surface area contributed by atoms with E-state index < -0.39 is 10.0 Å². The van der Waals surface area contributed by atoms with Gasteiger partial charge in [0.2, 0.25) is 15.9 Å². The Hall–Kier alpha value is -2.61. The third-order valence-electron chi connectivity index (χ3n) is 4.80. The van der Waals surface area contributed by atoms with E-state index in [1.54, 1.807) is 24.3 Å². The number of hydrogen-bond donors (Lipinski definition) is 1. The van der Waals surface area contributed by atoms with Crippen LogP contribution in [0.1, 0.15) is 16.7 Å². The quantitative estimate of drug-likeness (QED) is 0.494. The van der Waals surface area contributed by atoms with Crippen LogP contribution < -0.4 is 5.32 Å². The van der Waals surface area contributed by atoms with Gasteiger partial charge in [0.1, 0.15) is 0 Å². The molecular weight excluding hydrogens is 428 g/mol. The number of hydrogen-bond acceptors (Lipinski definition) is 4. The molecule has 5 nitrogen and oxygen atoms in total. The molecule has 0 bridgehead atoms. The Morgan fingerprint density at radius 3 is 2.32 bits per heavy atom. The summed E-state index contributed by atoms with van der Waals surface area (Å²) < 4.78 is 28.0. The van der Waals surface area contributed by atoms with Crippen LogP contribution in [0, 0.1) is 13.8 Å². The van der Waals surface area contributed by atoms with Crippen LogP contribution in [0.4, 0.5) is 5.69 Å². The van der Waals surface area contributed by atoms with Gasteiger partial charge in [0.25, 0.3) is 0 Å². The predicted octanol–water partition coefficient (Wildman–Crippen LogP) is 4.85. The number of aryl methyl sites for hydroxylation is 2. The molecule has 0 fully saturated rings. The molecule has 1 amide bonds. The topological polar surface area (TPSA) is 66.5 Å². The molecule has 0 aliphatic carbocycles. The summed E-state index contributed by atoms with van der Waals surface area (Å²) >= 11 is 1.52. The van der Waals surface area contributed by atoms with E-state index in [4.69, 9.17) is 0 Å². The highest BCUT2D eigenvalue weighted by Crippen LogP contribution is 2.25. The minimum absolute atomic E-state index is 0.107. The monoisotopic (exact) mass is 454 g/mol. The van der Waals surface area contributed by atoms with Crippen molar-refractivity contribution in [2.24, 2.45) is 0 Å². The number of carbonyl (C=O) groups excluding carboxylic acids is 1. The van der Waals surface area contributed by atoms with Crippen LogP contribution in [0.3, 0.4) is 0 Å². The minimum atomic E-state index is -3.86. The van der Waals surface area contributed by atoms with Gasteiger partial charge in [-0.1, -0.05) is 59.7 Å². The van der Waals surface area contributed by atoms with E-state index in [-0.39, 0.29) is 23.9 Å². The summed E-state index contributed by atoms with van der Waals surface area (Å²) in [7, 11) is -3.86. The summed E-state index contributed by atoms with van der Waals surface area (Å²) in [5.74, 6) is -0.384. The molecule has 0 aromatic heterocycles. The summed E-state index contributed by atoms with van der Waals surface area (Å²) in [6.45, 7) is 3.67. The fraction of sp³-hybridized carbons (Fsp3) is 0.208. The van der Waals surface area contributed by atoms with E-state index in [0.717, 1.165) is 21.6 Å². The van der Waals surface area contributed by atoms with Crippen molar-refractivity contribution < 1.29 is 13.2 Å². The third kappa shape index (κ3) is 5.97. The summed E-state index contributed by atoms with van der Waals surface area (Å²) in [5, 5.41) is 2.86. The molecule has 0 heterocycles. The molecule has 0 saturated heterocycles. The molecule has 0 spiro atoms. The zero-order valence-corrected chi connectivity index (χ0v) is 19.5. The van der Waals surface area contributed by atoms with Crippen LogP contribution in [0.15, 0.2) is 82.6 Å². The molecule has 0 aliphatic heterocycles. The van der Waals surface area contributed by atoms with E-state index >= 15 is 0 Å². The van der Waals surface area contributed by atoms with Gasteiger partial charge in [0.05, 0.1) is 17.1 Å². The summed E-state index contributed by atoms with van der Waals surface area (Å²) in [6, 6.07) is 21.8. The number of carbonyl (C=O) groups is 1. The van der Waals surface area contributed by atoms with Crippen molar-refractivity contribution in [3.05, 3.63) is 89.5 Å². The fourth-order valence-corrected chi connectivity index (χ4v) is 5.14. The Bertz CT molecular complexity index is 1160. The number of nitrogens with one attached hydrogen (secondary N) is 1. The number of amides is 1.